The van der Waals surface area contributed by atoms with Gasteiger partial charge in [0.05, 0.1) is 18.4 Å². The summed E-state index contributed by atoms with van der Waals surface area (Å²) in [6.07, 6.45) is 2.39. The fraction of sp³-hybridized carbons (Fsp3) is 0.500. The number of aryl methyl sites for hydroxylation is 1. The number of aromatic nitrogens is 1. The topological polar surface area (TPSA) is 45.9 Å². The summed E-state index contributed by atoms with van der Waals surface area (Å²) in [6, 6.07) is 6.01. The number of halogens is 1. The van der Waals surface area contributed by atoms with Crippen molar-refractivity contribution in [3.8, 4) is 11.8 Å². The lowest BCUT2D eigenvalue weighted by Crippen LogP contribution is -2.01. The van der Waals surface area contributed by atoms with Crippen molar-refractivity contribution >= 4 is 15.9 Å². The van der Waals surface area contributed by atoms with Crippen LogP contribution in [0.1, 0.15) is 30.7 Å². The van der Waals surface area contributed by atoms with E-state index in [9.17, 15) is 0 Å². The van der Waals surface area contributed by atoms with Crippen LogP contribution in [0.5, 0.6) is 5.75 Å². The molecule has 0 aliphatic rings. The Labute approximate surface area is 105 Å². The van der Waals surface area contributed by atoms with Gasteiger partial charge in [0, 0.05) is 17.4 Å². The molecule has 1 aromatic rings. The zero-order valence-corrected chi connectivity index (χ0v) is 11.0. The van der Waals surface area contributed by atoms with Crippen molar-refractivity contribution < 1.29 is 4.74 Å². The first kappa shape index (κ1) is 13.0. The second kappa shape index (κ2) is 7.24. The molecule has 0 amide bonds. The highest BCUT2D eigenvalue weighted by molar-refractivity contribution is 9.08. The predicted octanol–water partition coefficient (Wildman–Crippen LogP) is 3.36. The third kappa shape index (κ3) is 4.19. The van der Waals surface area contributed by atoms with Crippen molar-refractivity contribution in [1.29, 1.82) is 5.26 Å². The van der Waals surface area contributed by atoms with Gasteiger partial charge in [0.1, 0.15) is 5.75 Å². The predicted molar refractivity (Wildman–Crippen MR) is 66.6 cm³/mol. The number of unbranched alkanes of at least 4 members (excludes halogenated alkanes) is 2. The number of rotatable bonds is 6. The molecule has 0 radical (unpaired) electrons. The summed E-state index contributed by atoms with van der Waals surface area (Å²) >= 11 is 3.39. The lowest BCUT2D eigenvalue weighted by Gasteiger charge is -2.09. The second-order valence-electron chi connectivity index (χ2n) is 3.49. The Kier molecular flexibility index (Phi) is 5.87. The average molecular weight is 283 g/mol. The van der Waals surface area contributed by atoms with Crippen LogP contribution in [-0.4, -0.2) is 11.6 Å². The van der Waals surface area contributed by atoms with Crippen molar-refractivity contribution in [2.75, 3.05) is 6.61 Å². The van der Waals surface area contributed by atoms with Crippen molar-refractivity contribution in [1.82, 2.24) is 4.98 Å². The Hall–Kier alpha value is -1.08. The molecule has 3 nitrogen and oxygen atoms in total. The maximum absolute atomic E-state index is 8.39. The zero-order chi connectivity index (χ0) is 11.8. The van der Waals surface area contributed by atoms with Gasteiger partial charge in [0.2, 0.25) is 0 Å². The van der Waals surface area contributed by atoms with Crippen LogP contribution in [0.2, 0.25) is 0 Å². The number of nitrogens with zero attached hydrogens (tertiary/aromatic N) is 2. The minimum absolute atomic E-state index is 0.598. The Morgan fingerprint density at radius 3 is 2.94 bits per heavy atom. The monoisotopic (exact) mass is 282 g/mol. The number of hydrogen-bond acceptors (Lipinski definition) is 3. The van der Waals surface area contributed by atoms with Gasteiger partial charge in [0.15, 0.2) is 0 Å². The summed E-state index contributed by atoms with van der Waals surface area (Å²) in [5.41, 5.74) is 1.92. The summed E-state index contributed by atoms with van der Waals surface area (Å²) in [5, 5.41) is 9.08. The highest BCUT2D eigenvalue weighted by Gasteiger charge is 2.04. The standard InChI is InChI=1S/C12H15BrN2O/c1-10-5-6-12(11(9-13)15-10)16-8-4-2-3-7-14/h5-6H,2-4,8-9H2,1H3. The number of nitriles is 1. The summed E-state index contributed by atoms with van der Waals surface area (Å²) in [4.78, 5) is 4.38. The van der Waals surface area contributed by atoms with E-state index in [2.05, 4.69) is 27.0 Å². The van der Waals surface area contributed by atoms with E-state index in [4.69, 9.17) is 10.00 Å². The molecule has 0 aliphatic carbocycles. The molecule has 0 spiro atoms. The van der Waals surface area contributed by atoms with Gasteiger partial charge in [-0.1, -0.05) is 15.9 Å². The van der Waals surface area contributed by atoms with Crippen molar-refractivity contribution in [2.24, 2.45) is 0 Å². The first-order valence-corrected chi connectivity index (χ1v) is 6.42. The Morgan fingerprint density at radius 2 is 2.25 bits per heavy atom. The van der Waals surface area contributed by atoms with Crippen molar-refractivity contribution in [3.63, 3.8) is 0 Å². The molecule has 0 bridgehead atoms. The SMILES string of the molecule is Cc1ccc(OCCCCC#N)c(CBr)n1. The Balaban J connectivity index is 2.44. The van der Waals surface area contributed by atoms with Crippen molar-refractivity contribution in [3.05, 3.63) is 23.5 Å². The molecule has 1 aromatic heterocycles. The highest BCUT2D eigenvalue weighted by Crippen LogP contribution is 2.19. The quantitative estimate of drug-likeness (QED) is 0.594. The molecule has 0 aliphatic heterocycles. The van der Waals surface area contributed by atoms with E-state index >= 15 is 0 Å². The van der Waals surface area contributed by atoms with Gasteiger partial charge in [-0.25, -0.2) is 0 Å². The second-order valence-corrected chi connectivity index (χ2v) is 4.06. The minimum atomic E-state index is 0.598. The number of alkyl halides is 1. The van der Waals surface area contributed by atoms with Gasteiger partial charge in [-0.3, -0.25) is 4.98 Å². The smallest absolute Gasteiger partial charge is 0.141 e. The molecule has 0 saturated heterocycles. The molecule has 0 saturated carbocycles. The molecular formula is C12H15BrN2O. The van der Waals surface area contributed by atoms with Gasteiger partial charge in [-0.05, 0) is 31.9 Å². The maximum atomic E-state index is 8.39. The van der Waals surface area contributed by atoms with Crippen LogP contribution in [-0.2, 0) is 5.33 Å². The van der Waals surface area contributed by atoms with Crippen LogP contribution in [0.3, 0.4) is 0 Å². The largest absolute Gasteiger partial charge is 0.492 e. The Bertz CT molecular complexity index is 374. The summed E-state index contributed by atoms with van der Waals surface area (Å²) in [7, 11) is 0. The van der Waals surface area contributed by atoms with Crippen LogP contribution in [0.4, 0.5) is 0 Å². The van der Waals surface area contributed by atoms with Crippen LogP contribution >= 0.6 is 15.9 Å². The van der Waals surface area contributed by atoms with Crippen LogP contribution in [0.15, 0.2) is 12.1 Å². The van der Waals surface area contributed by atoms with Gasteiger partial charge in [0.25, 0.3) is 0 Å². The lowest BCUT2D eigenvalue weighted by atomic mass is 10.2. The van der Waals surface area contributed by atoms with Gasteiger partial charge in [-0.15, -0.1) is 0 Å². The fourth-order valence-corrected chi connectivity index (χ4v) is 1.71. The molecule has 4 heteroatoms. The third-order valence-electron chi connectivity index (χ3n) is 2.14. The van der Waals surface area contributed by atoms with E-state index < -0.39 is 0 Å². The first-order chi connectivity index (χ1) is 7.77. The molecular weight excluding hydrogens is 268 g/mol. The Morgan fingerprint density at radius 1 is 1.44 bits per heavy atom. The van der Waals surface area contributed by atoms with Gasteiger partial charge >= 0.3 is 0 Å². The zero-order valence-electron chi connectivity index (χ0n) is 9.37. The highest BCUT2D eigenvalue weighted by atomic mass is 79.9. The van der Waals surface area contributed by atoms with E-state index in [1.807, 2.05) is 19.1 Å². The summed E-state index contributed by atoms with van der Waals surface area (Å²) in [5.74, 6) is 0.833. The van der Waals surface area contributed by atoms with Crippen LogP contribution in [0, 0.1) is 18.3 Å². The molecule has 1 rings (SSSR count). The molecule has 0 atom stereocenters. The van der Waals surface area contributed by atoms with Crippen molar-refractivity contribution in [2.45, 2.75) is 31.5 Å². The van der Waals surface area contributed by atoms with Gasteiger partial charge < -0.3 is 4.74 Å². The van der Waals surface area contributed by atoms with Crippen LogP contribution in [0.25, 0.3) is 0 Å². The molecule has 0 fully saturated rings. The van der Waals surface area contributed by atoms with E-state index in [0.29, 0.717) is 18.4 Å². The molecule has 0 unspecified atom stereocenters. The fourth-order valence-electron chi connectivity index (χ4n) is 1.31. The molecule has 86 valence electrons. The molecule has 1 heterocycles. The van der Waals surface area contributed by atoms with E-state index in [1.165, 1.54) is 0 Å². The van der Waals surface area contributed by atoms with Crippen LogP contribution < -0.4 is 4.74 Å². The number of pyridine rings is 1. The summed E-state index contributed by atoms with van der Waals surface area (Å²) in [6.45, 7) is 2.61. The van der Waals surface area contributed by atoms with Gasteiger partial charge in [-0.2, -0.15) is 5.26 Å². The van der Waals surface area contributed by atoms with E-state index in [-0.39, 0.29) is 0 Å². The third-order valence-corrected chi connectivity index (χ3v) is 2.67. The number of ether oxygens (including phenoxy) is 1. The molecule has 0 N–H and O–H groups in total. The van der Waals surface area contributed by atoms with E-state index in [0.717, 1.165) is 30.0 Å². The molecule has 0 aromatic carbocycles. The minimum Gasteiger partial charge on any atom is -0.492 e. The first-order valence-electron chi connectivity index (χ1n) is 5.30. The average Bonchev–Trinajstić information content (AvgIpc) is 2.30. The van der Waals surface area contributed by atoms with E-state index in [1.54, 1.807) is 0 Å². The number of hydrogen-bond donors (Lipinski definition) is 0. The summed E-state index contributed by atoms with van der Waals surface area (Å²) < 4.78 is 5.63. The normalized spacial score (nSPS) is 9.81. The maximum Gasteiger partial charge on any atom is 0.141 e. The lowest BCUT2D eigenvalue weighted by molar-refractivity contribution is 0.304. The molecule has 16 heavy (non-hydrogen) atoms.